The number of carbonyl (C=O) groups excluding carboxylic acids is 1. The van der Waals surface area contributed by atoms with Crippen LogP contribution in [0.4, 0.5) is 5.69 Å². The van der Waals surface area contributed by atoms with Crippen LogP contribution in [-0.4, -0.2) is 32.3 Å². The number of carbonyl (C=O) groups is 1. The van der Waals surface area contributed by atoms with E-state index in [2.05, 4.69) is 21.0 Å². The summed E-state index contributed by atoms with van der Waals surface area (Å²) in [5.41, 5.74) is 3.56. The number of likely N-dealkylation sites (tertiary alicyclic amines) is 1. The number of sulfonamides is 1. The Hall–Kier alpha value is -2.22. The minimum Gasteiger partial charge on any atom is -0.326 e. The minimum atomic E-state index is -3.64. The van der Waals surface area contributed by atoms with Gasteiger partial charge >= 0.3 is 0 Å². The van der Waals surface area contributed by atoms with Crippen LogP contribution in [0.5, 0.6) is 0 Å². The Labute approximate surface area is 159 Å². The van der Waals surface area contributed by atoms with E-state index in [0.29, 0.717) is 5.69 Å². The summed E-state index contributed by atoms with van der Waals surface area (Å²) in [6.45, 7) is 3.30. The molecule has 2 heterocycles. The molecule has 2 aromatic carbocycles. The van der Waals surface area contributed by atoms with Crippen molar-refractivity contribution < 1.29 is 13.2 Å². The number of nitrogens with one attached hydrogen (secondary N) is 2. The third-order valence-corrected chi connectivity index (χ3v) is 6.57. The Balaban J connectivity index is 1.48. The van der Waals surface area contributed by atoms with E-state index in [-0.39, 0.29) is 23.8 Å². The van der Waals surface area contributed by atoms with Gasteiger partial charge in [0, 0.05) is 18.8 Å². The second-order valence-corrected chi connectivity index (χ2v) is 8.89. The van der Waals surface area contributed by atoms with Crippen LogP contribution in [-0.2, 0) is 34.3 Å². The molecule has 27 heavy (non-hydrogen) atoms. The van der Waals surface area contributed by atoms with E-state index in [4.69, 9.17) is 0 Å². The number of hydrogen-bond donors (Lipinski definition) is 2. The number of benzene rings is 2. The van der Waals surface area contributed by atoms with E-state index in [0.717, 1.165) is 36.3 Å². The summed E-state index contributed by atoms with van der Waals surface area (Å²) < 4.78 is 28.1. The van der Waals surface area contributed by atoms with Gasteiger partial charge in [0.2, 0.25) is 15.9 Å². The van der Waals surface area contributed by atoms with Crippen molar-refractivity contribution in [3.05, 3.63) is 59.2 Å². The SMILES string of the molecule is O=C1Cc2cc(S(=O)(=O)NCc3ccccc3CN3CCCC3)ccc2N1. The number of hydrogen-bond acceptors (Lipinski definition) is 4. The van der Waals surface area contributed by atoms with Crippen LogP contribution in [0.15, 0.2) is 47.4 Å². The van der Waals surface area contributed by atoms with Gasteiger partial charge in [0.1, 0.15) is 0 Å². The van der Waals surface area contributed by atoms with E-state index < -0.39 is 10.0 Å². The van der Waals surface area contributed by atoms with Gasteiger partial charge in [0.15, 0.2) is 0 Å². The zero-order chi connectivity index (χ0) is 18.9. The fourth-order valence-corrected chi connectivity index (χ4v) is 4.75. The smallest absolute Gasteiger partial charge is 0.240 e. The largest absolute Gasteiger partial charge is 0.326 e. The summed E-state index contributed by atoms with van der Waals surface area (Å²) in [6, 6.07) is 12.7. The van der Waals surface area contributed by atoms with Crippen LogP contribution in [0.1, 0.15) is 29.5 Å². The predicted molar refractivity (Wildman–Crippen MR) is 104 cm³/mol. The third-order valence-electron chi connectivity index (χ3n) is 5.18. The predicted octanol–water partition coefficient (Wildman–Crippen LogP) is 2.26. The van der Waals surface area contributed by atoms with Crippen molar-refractivity contribution >= 4 is 21.6 Å². The molecule has 0 aliphatic carbocycles. The van der Waals surface area contributed by atoms with Crippen molar-refractivity contribution in [3.63, 3.8) is 0 Å². The van der Waals surface area contributed by atoms with E-state index >= 15 is 0 Å². The van der Waals surface area contributed by atoms with Crippen LogP contribution in [0, 0.1) is 0 Å². The first kappa shape index (κ1) is 18.2. The summed E-state index contributed by atoms with van der Waals surface area (Å²) in [5, 5.41) is 2.72. The molecule has 2 N–H and O–H groups in total. The first-order valence-corrected chi connectivity index (χ1v) is 10.7. The van der Waals surface area contributed by atoms with Gasteiger partial charge in [-0.15, -0.1) is 0 Å². The maximum atomic E-state index is 12.7. The third kappa shape index (κ3) is 4.05. The molecule has 2 aliphatic rings. The van der Waals surface area contributed by atoms with Gasteiger partial charge < -0.3 is 5.32 Å². The molecule has 1 fully saturated rings. The number of anilines is 1. The van der Waals surface area contributed by atoms with Gasteiger partial charge in [-0.05, 0) is 60.8 Å². The molecule has 1 amide bonds. The highest BCUT2D eigenvalue weighted by Crippen LogP contribution is 2.26. The van der Waals surface area contributed by atoms with Crippen LogP contribution in [0.25, 0.3) is 0 Å². The Kier molecular flexibility index (Phi) is 4.99. The van der Waals surface area contributed by atoms with Crippen molar-refractivity contribution in [2.45, 2.75) is 37.2 Å². The Morgan fingerprint density at radius 2 is 1.78 bits per heavy atom. The second-order valence-electron chi connectivity index (χ2n) is 7.12. The minimum absolute atomic E-state index is 0.108. The fourth-order valence-electron chi connectivity index (χ4n) is 3.69. The van der Waals surface area contributed by atoms with Crippen molar-refractivity contribution in [1.29, 1.82) is 0 Å². The Bertz CT molecular complexity index is 966. The summed E-state index contributed by atoms with van der Waals surface area (Å²) in [5.74, 6) is -0.108. The van der Waals surface area contributed by atoms with Gasteiger partial charge in [-0.3, -0.25) is 9.69 Å². The molecule has 0 radical (unpaired) electrons. The molecule has 0 atom stereocenters. The molecule has 6 nitrogen and oxygen atoms in total. The Morgan fingerprint density at radius 1 is 1.04 bits per heavy atom. The van der Waals surface area contributed by atoms with Gasteiger partial charge in [-0.25, -0.2) is 13.1 Å². The highest BCUT2D eigenvalue weighted by Gasteiger charge is 2.22. The van der Waals surface area contributed by atoms with E-state index in [1.165, 1.54) is 18.9 Å². The zero-order valence-electron chi connectivity index (χ0n) is 15.1. The maximum Gasteiger partial charge on any atom is 0.240 e. The normalized spacial score (nSPS) is 17.1. The van der Waals surface area contributed by atoms with Crippen LogP contribution in [0.2, 0.25) is 0 Å². The standard InChI is InChI=1S/C20H23N3O3S/c24-20-12-17-11-18(7-8-19(17)22-20)27(25,26)21-13-15-5-1-2-6-16(15)14-23-9-3-4-10-23/h1-2,5-8,11,21H,3-4,9-10,12-14H2,(H,22,24). The van der Waals surface area contributed by atoms with E-state index in [1.54, 1.807) is 12.1 Å². The molecular formula is C20H23N3O3S. The molecular weight excluding hydrogens is 362 g/mol. The molecule has 1 saturated heterocycles. The van der Waals surface area contributed by atoms with Crippen LogP contribution < -0.4 is 10.0 Å². The van der Waals surface area contributed by atoms with Crippen molar-refractivity contribution in [2.75, 3.05) is 18.4 Å². The lowest BCUT2D eigenvalue weighted by molar-refractivity contribution is -0.115. The topological polar surface area (TPSA) is 78.5 Å². The molecule has 7 heteroatoms. The average Bonchev–Trinajstić information content (AvgIpc) is 3.28. The van der Waals surface area contributed by atoms with Crippen molar-refractivity contribution in [2.24, 2.45) is 0 Å². The average molecular weight is 385 g/mol. The second kappa shape index (κ2) is 7.42. The van der Waals surface area contributed by atoms with Gasteiger partial charge in [-0.2, -0.15) is 0 Å². The molecule has 0 spiro atoms. The number of rotatable bonds is 6. The van der Waals surface area contributed by atoms with Crippen LogP contribution in [0.3, 0.4) is 0 Å². The molecule has 0 aromatic heterocycles. The molecule has 2 aliphatic heterocycles. The molecule has 2 aromatic rings. The molecule has 0 saturated carbocycles. The van der Waals surface area contributed by atoms with Gasteiger partial charge in [0.05, 0.1) is 11.3 Å². The molecule has 0 unspecified atom stereocenters. The molecule has 4 rings (SSSR count). The summed E-state index contributed by atoms with van der Waals surface area (Å²) in [6.07, 6.45) is 2.67. The quantitative estimate of drug-likeness (QED) is 0.800. The number of nitrogens with zero attached hydrogens (tertiary/aromatic N) is 1. The summed E-state index contributed by atoms with van der Waals surface area (Å²) in [4.78, 5) is 14.1. The van der Waals surface area contributed by atoms with Crippen molar-refractivity contribution in [1.82, 2.24) is 9.62 Å². The highest BCUT2D eigenvalue weighted by molar-refractivity contribution is 7.89. The first-order chi connectivity index (χ1) is 13.0. The van der Waals surface area contributed by atoms with Gasteiger partial charge in [0.25, 0.3) is 0 Å². The number of fused-ring (bicyclic) bond motifs is 1. The summed E-state index contributed by atoms with van der Waals surface area (Å²) in [7, 11) is -3.64. The lowest BCUT2D eigenvalue weighted by Crippen LogP contribution is -2.25. The van der Waals surface area contributed by atoms with Gasteiger partial charge in [-0.1, -0.05) is 24.3 Å². The van der Waals surface area contributed by atoms with E-state index in [9.17, 15) is 13.2 Å². The zero-order valence-corrected chi connectivity index (χ0v) is 15.9. The van der Waals surface area contributed by atoms with Crippen LogP contribution >= 0.6 is 0 Å². The summed E-state index contributed by atoms with van der Waals surface area (Å²) >= 11 is 0. The Morgan fingerprint density at radius 3 is 2.56 bits per heavy atom. The lowest BCUT2D eigenvalue weighted by atomic mass is 10.1. The highest BCUT2D eigenvalue weighted by atomic mass is 32.2. The molecule has 0 bridgehead atoms. The van der Waals surface area contributed by atoms with E-state index in [1.807, 2.05) is 18.2 Å². The number of amides is 1. The monoisotopic (exact) mass is 385 g/mol. The first-order valence-electron chi connectivity index (χ1n) is 9.23. The van der Waals surface area contributed by atoms with Crippen molar-refractivity contribution in [3.8, 4) is 0 Å². The fraction of sp³-hybridized carbons (Fsp3) is 0.350. The molecule has 142 valence electrons. The maximum absolute atomic E-state index is 12.7. The lowest BCUT2D eigenvalue weighted by Gasteiger charge is -2.18.